The Labute approximate surface area is 157 Å². The molecule has 1 aliphatic heterocycles. The van der Waals surface area contributed by atoms with Gasteiger partial charge in [0.25, 0.3) is 0 Å². The first kappa shape index (κ1) is 17.0. The van der Waals surface area contributed by atoms with Gasteiger partial charge in [0.2, 0.25) is 0 Å². The zero-order valence-electron chi connectivity index (χ0n) is 14.6. The molecule has 0 aliphatic carbocycles. The van der Waals surface area contributed by atoms with Gasteiger partial charge in [0, 0.05) is 31.6 Å². The molecule has 3 heterocycles. The van der Waals surface area contributed by atoms with E-state index in [0.29, 0.717) is 5.92 Å². The molecule has 0 radical (unpaired) electrons. The molecule has 7 heteroatoms. The van der Waals surface area contributed by atoms with E-state index in [9.17, 15) is 0 Å². The van der Waals surface area contributed by atoms with Crippen LogP contribution in [-0.4, -0.2) is 38.1 Å². The number of hydrogen-bond acceptors (Lipinski definition) is 6. The first-order valence-electron chi connectivity index (χ1n) is 8.94. The number of nitrogens with zero attached hydrogens (tertiary/aromatic N) is 6. The van der Waals surface area contributed by atoms with E-state index in [1.54, 1.807) is 18.0 Å². The molecule has 1 aliphatic rings. The molecule has 0 unspecified atom stereocenters. The molecule has 0 amide bonds. The first-order valence-corrected chi connectivity index (χ1v) is 9.93. The van der Waals surface area contributed by atoms with Gasteiger partial charge in [0.05, 0.1) is 18.6 Å². The fourth-order valence-corrected chi connectivity index (χ4v) is 4.03. The molecule has 6 nitrogen and oxygen atoms in total. The van der Waals surface area contributed by atoms with Gasteiger partial charge in [-0.1, -0.05) is 35.5 Å². The van der Waals surface area contributed by atoms with E-state index in [2.05, 4.69) is 44.5 Å². The minimum atomic E-state index is 0.650. The Morgan fingerprint density at radius 2 is 1.92 bits per heavy atom. The molecular weight excluding hydrogens is 344 g/mol. The second-order valence-corrected chi connectivity index (χ2v) is 7.54. The molecule has 3 aromatic rings. The SMILES string of the molecule is c1ccc(CSc2cncc(N3CCC(Cn4ccnn4)CC3)n2)cc1. The number of piperidine rings is 1. The van der Waals surface area contributed by atoms with Gasteiger partial charge in [-0.2, -0.15) is 0 Å². The standard InChI is InChI=1S/C19H22N6S/c1-2-4-17(5-3-1)15-26-19-13-20-12-18(22-19)24-9-6-16(7-10-24)14-25-11-8-21-23-25/h1-5,8,11-13,16H,6-7,9-10,14-15H2. The van der Waals surface area contributed by atoms with E-state index in [1.807, 2.05) is 29.3 Å². The van der Waals surface area contributed by atoms with Crippen LogP contribution in [0.2, 0.25) is 0 Å². The number of benzene rings is 1. The maximum Gasteiger partial charge on any atom is 0.148 e. The molecule has 0 atom stereocenters. The van der Waals surface area contributed by atoms with Crippen LogP contribution in [0.5, 0.6) is 0 Å². The highest BCUT2D eigenvalue weighted by Crippen LogP contribution is 2.25. The van der Waals surface area contributed by atoms with Crippen LogP contribution in [0.4, 0.5) is 5.82 Å². The largest absolute Gasteiger partial charge is 0.355 e. The van der Waals surface area contributed by atoms with Crippen LogP contribution in [0.25, 0.3) is 0 Å². The van der Waals surface area contributed by atoms with Crippen molar-refractivity contribution in [1.82, 2.24) is 25.0 Å². The van der Waals surface area contributed by atoms with Crippen LogP contribution >= 0.6 is 11.8 Å². The van der Waals surface area contributed by atoms with E-state index < -0.39 is 0 Å². The summed E-state index contributed by atoms with van der Waals surface area (Å²) >= 11 is 1.74. The van der Waals surface area contributed by atoms with Crippen molar-refractivity contribution in [2.75, 3.05) is 18.0 Å². The van der Waals surface area contributed by atoms with Crippen molar-refractivity contribution >= 4 is 17.6 Å². The van der Waals surface area contributed by atoms with Crippen LogP contribution in [0.3, 0.4) is 0 Å². The third-order valence-electron chi connectivity index (χ3n) is 4.68. The molecule has 134 valence electrons. The molecule has 1 saturated heterocycles. The summed E-state index contributed by atoms with van der Waals surface area (Å²) < 4.78 is 1.93. The molecule has 0 spiro atoms. The quantitative estimate of drug-likeness (QED) is 0.624. The molecule has 0 bridgehead atoms. The van der Waals surface area contributed by atoms with Crippen molar-refractivity contribution in [3.8, 4) is 0 Å². The Morgan fingerprint density at radius 3 is 2.69 bits per heavy atom. The second-order valence-electron chi connectivity index (χ2n) is 6.55. The lowest BCUT2D eigenvalue weighted by Crippen LogP contribution is -2.35. The molecular formula is C19H22N6S. The van der Waals surface area contributed by atoms with Crippen LogP contribution in [-0.2, 0) is 12.3 Å². The summed E-state index contributed by atoms with van der Waals surface area (Å²) in [5.74, 6) is 2.55. The lowest BCUT2D eigenvalue weighted by Gasteiger charge is -2.32. The summed E-state index contributed by atoms with van der Waals surface area (Å²) in [4.78, 5) is 11.6. The Kier molecular flexibility index (Phi) is 5.44. The predicted octanol–water partition coefficient (Wildman–Crippen LogP) is 3.28. The molecule has 2 aromatic heterocycles. The number of rotatable bonds is 6. The maximum absolute atomic E-state index is 4.81. The second kappa shape index (κ2) is 8.31. The van der Waals surface area contributed by atoms with Gasteiger partial charge in [-0.15, -0.1) is 16.9 Å². The van der Waals surface area contributed by atoms with E-state index >= 15 is 0 Å². The highest BCUT2D eigenvalue weighted by Gasteiger charge is 2.21. The smallest absolute Gasteiger partial charge is 0.148 e. The summed E-state index contributed by atoms with van der Waals surface area (Å²) in [6.07, 6.45) is 9.69. The topological polar surface area (TPSA) is 59.7 Å². The van der Waals surface area contributed by atoms with Gasteiger partial charge in [0.1, 0.15) is 10.8 Å². The van der Waals surface area contributed by atoms with E-state index in [1.165, 1.54) is 5.56 Å². The van der Waals surface area contributed by atoms with Crippen molar-refractivity contribution in [2.24, 2.45) is 5.92 Å². The van der Waals surface area contributed by atoms with Gasteiger partial charge in [0.15, 0.2) is 0 Å². The number of aromatic nitrogens is 5. The Hall–Kier alpha value is -2.41. The van der Waals surface area contributed by atoms with E-state index in [0.717, 1.165) is 49.1 Å². The number of anilines is 1. The van der Waals surface area contributed by atoms with Crippen LogP contribution < -0.4 is 4.90 Å². The Morgan fingerprint density at radius 1 is 1.08 bits per heavy atom. The van der Waals surface area contributed by atoms with Crippen molar-refractivity contribution in [3.63, 3.8) is 0 Å². The zero-order chi connectivity index (χ0) is 17.6. The summed E-state index contributed by atoms with van der Waals surface area (Å²) in [6.45, 7) is 2.98. The van der Waals surface area contributed by atoms with Crippen LogP contribution in [0, 0.1) is 5.92 Å². The highest BCUT2D eigenvalue weighted by atomic mass is 32.2. The van der Waals surface area contributed by atoms with Gasteiger partial charge < -0.3 is 4.90 Å². The average molecular weight is 366 g/mol. The Bertz CT molecular complexity index is 800. The van der Waals surface area contributed by atoms with Crippen molar-refractivity contribution in [1.29, 1.82) is 0 Å². The molecule has 26 heavy (non-hydrogen) atoms. The summed E-state index contributed by atoms with van der Waals surface area (Å²) in [5.41, 5.74) is 1.30. The minimum absolute atomic E-state index is 0.650. The number of thioether (sulfide) groups is 1. The monoisotopic (exact) mass is 366 g/mol. The third kappa shape index (κ3) is 4.40. The lowest BCUT2D eigenvalue weighted by molar-refractivity contribution is 0.338. The summed E-state index contributed by atoms with van der Waals surface area (Å²) in [5, 5.41) is 8.94. The summed E-state index contributed by atoms with van der Waals surface area (Å²) in [7, 11) is 0. The minimum Gasteiger partial charge on any atom is -0.355 e. The van der Waals surface area contributed by atoms with Crippen LogP contribution in [0.1, 0.15) is 18.4 Å². The van der Waals surface area contributed by atoms with Crippen molar-refractivity contribution < 1.29 is 0 Å². The first-order chi connectivity index (χ1) is 12.9. The van der Waals surface area contributed by atoms with E-state index in [-0.39, 0.29) is 0 Å². The summed E-state index contributed by atoms with van der Waals surface area (Å²) in [6, 6.07) is 10.5. The lowest BCUT2D eigenvalue weighted by atomic mass is 9.97. The van der Waals surface area contributed by atoms with E-state index in [4.69, 9.17) is 4.98 Å². The maximum atomic E-state index is 4.81. The zero-order valence-corrected chi connectivity index (χ0v) is 15.4. The fraction of sp³-hybridized carbons (Fsp3) is 0.368. The Balaban J connectivity index is 1.32. The fourth-order valence-electron chi connectivity index (χ4n) is 3.23. The molecule has 0 saturated carbocycles. The highest BCUT2D eigenvalue weighted by molar-refractivity contribution is 7.98. The molecule has 0 N–H and O–H groups in total. The van der Waals surface area contributed by atoms with Gasteiger partial charge >= 0.3 is 0 Å². The normalized spacial score (nSPS) is 15.3. The van der Waals surface area contributed by atoms with Crippen LogP contribution in [0.15, 0.2) is 60.1 Å². The van der Waals surface area contributed by atoms with Gasteiger partial charge in [-0.25, -0.2) is 4.98 Å². The number of hydrogen-bond donors (Lipinski definition) is 0. The van der Waals surface area contributed by atoms with Gasteiger partial charge in [-0.05, 0) is 24.3 Å². The third-order valence-corrected chi connectivity index (χ3v) is 5.66. The van der Waals surface area contributed by atoms with Crippen molar-refractivity contribution in [3.05, 3.63) is 60.7 Å². The van der Waals surface area contributed by atoms with Crippen molar-refractivity contribution in [2.45, 2.75) is 30.2 Å². The molecule has 4 rings (SSSR count). The molecule has 1 aromatic carbocycles. The predicted molar refractivity (Wildman–Crippen MR) is 103 cm³/mol. The van der Waals surface area contributed by atoms with Gasteiger partial charge in [-0.3, -0.25) is 9.67 Å². The molecule has 1 fully saturated rings. The average Bonchev–Trinajstić information content (AvgIpc) is 3.21.